The summed E-state index contributed by atoms with van der Waals surface area (Å²) in [5, 5.41) is 0. The maximum Gasteiger partial charge on any atom is 0.264 e. The first-order valence-electron chi connectivity index (χ1n) is 21.8. The van der Waals surface area contributed by atoms with Crippen molar-refractivity contribution in [2.45, 2.75) is 190 Å². The molecule has 0 aromatic heterocycles. The Kier molecular flexibility index (Phi) is 19.7. The fourth-order valence-corrected chi connectivity index (χ4v) is 10.5. The molecule has 5 nitrogen and oxygen atoms in total. The Morgan fingerprint density at radius 1 is 0.700 bits per heavy atom. The predicted octanol–water partition coefficient (Wildman–Crippen LogP) is 12.5. The van der Waals surface area contributed by atoms with Crippen LogP contribution in [-0.4, -0.2) is 40.3 Å². The Morgan fingerprint density at radius 2 is 1.30 bits per heavy atom. The van der Waals surface area contributed by atoms with Gasteiger partial charge in [0.1, 0.15) is 0 Å². The van der Waals surface area contributed by atoms with E-state index >= 15 is 0 Å². The highest BCUT2D eigenvalue weighted by atomic mass is 32.2. The number of hydrogen-bond donors (Lipinski definition) is 0. The zero-order chi connectivity index (χ0) is 36.7. The molecule has 8 unspecified atom stereocenters. The molecule has 1 spiro atoms. The first kappa shape index (κ1) is 44.2. The number of hydrogen-bond acceptors (Lipinski definition) is 5. The number of ether oxygens (including phenoxy) is 2. The molecule has 6 heteroatoms. The second kappa shape index (κ2) is 22.3. The van der Waals surface area contributed by atoms with Gasteiger partial charge in [0.05, 0.1) is 26.1 Å². The molecule has 0 radical (unpaired) electrons. The van der Waals surface area contributed by atoms with Crippen LogP contribution in [-0.2, 0) is 23.8 Å². The van der Waals surface area contributed by atoms with Crippen LogP contribution in [0.5, 0.6) is 0 Å². The maximum atomic E-state index is 11.5. The van der Waals surface area contributed by atoms with Gasteiger partial charge in [-0.1, -0.05) is 145 Å². The fourth-order valence-electron chi connectivity index (χ4n) is 10.1. The first-order valence-corrected chi connectivity index (χ1v) is 23.6. The summed E-state index contributed by atoms with van der Waals surface area (Å²) >= 11 is 0. The van der Waals surface area contributed by atoms with Gasteiger partial charge in [-0.25, -0.2) is 0 Å². The third-order valence-electron chi connectivity index (χ3n) is 13.6. The van der Waals surface area contributed by atoms with Crippen LogP contribution in [0.3, 0.4) is 0 Å². The fraction of sp³-hybridized carbons (Fsp3) is 1.00. The molecule has 3 fully saturated rings. The SMILES string of the molecule is CC(C)CCCC(C)C1CCC(C)C2CCC(C)CCC3(CCC(C)CCCC2CCCC1CCCC(C)C)OCC(COS(C)(=O)=O)CO3. The molecule has 3 aliphatic rings. The Morgan fingerprint density at radius 3 is 1.92 bits per heavy atom. The Bertz CT molecular complexity index is 1000. The third-order valence-corrected chi connectivity index (χ3v) is 14.1. The second-order valence-electron chi connectivity index (χ2n) is 19.1. The summed E-state index contributed by atoms with van der Waals surface area (Å²) in [4.78, 5) is 0. The minimum absolute atomic E-state index is 0.0396. The van der Waals surface area contributed by atoms with Crippen molar-refractivity contribution < 1.29 is 22.1 Å². The van der Waals surface area contributed by atoms with Crippen molar-refractivity contribution >= 4 is 10.1 Å². The van der Waals surface area contributed by atoms with Gasteiger partial charge in [0.15, 0.2) is 5.79 Å². The summed E-state index contributed by atoms with van der Waals surface area (Å²) in [5.41, 5.74) is 0. The van der Waals surface area contributed by atoms with Crippen LogP contribution in [0, 0.1) is 65.1 Å². The van der Waals surface area contributed by atoms with E-state index in [9.17, 15) is 8.42 Å². The van der Waals surface area contributed by atoms with Crippen LogP contribution in [0.15, 0.2) is 0 Å². The predicted molar refractivity (Wildman–Crippen MR) is 212 cm³/mol. The molecule has 0 bridgehead atoms. The molecule has 1 saturated heterocycles. The molecule has 0 N–H and O–H groups in total. The van der Waals surface area contributed by atoms with E-state index < -0.39 is 15.9 Å². The van der Waals surface area contributed by atoms with Crippen molar-refractivity contribution in [3.63, 3.8) is 0 Å². The second-order valence-corrected chi connectivity index (χ2v) is 20.8. The highest BCUT2D eigenvalue weighted by molar-refractivity contribution is 7.85. The number of fused-ring (bicyclic) bond motifs is 1. The van der Waals surface area contributed by atoms with Crippen molar-refractivity contribution in [2.75, 3.05) is 26.1 Å². The normalized spacial score (nSPS) is 35.4. The van der Waals surface area contributed by atoms with Crippen LogP contribution in [0.2, 0.25) is 0 Å². The van der Waals surface area contributed by atoms with E-state index in [2.05, 4.69) is 55.4 Å². The molecule has 8 atom stereocenters. The monoisotopic (exact) mass is 725 g/mol. The lowest BCUT2D eigenvalue weighted by Crippen LogP contribution is -2.46. The average molecular weight is 725 g/mol. The molecule has 0 aromatic carbocycles. The summed E-state index contributed by atoms with van der Waals surface area (Å²) < 4.78 is 41.2. The van der Waals surface area contributed by atoms with Crippen LogP contribution in [0.4, 0.5) is 0 Å². The zero-order valence-corrected chi connectivity index (χ0v) is 35.4. The summed E-state index contributed by atoms with van der Waals surface area (Å²) in [6.07, 6.45) is 27.6. The van der Waals surface area contributed by atoms with Crippen molar-refractivity contribution in [3.8, 4) is 0 Å². The molecular formula is C44H84O5S. The first-order chi connectivity index (χ1) is 23.7. The van der Waals surface area contributed by atoms with E-state index in [0.717, 1.165) is 79.3 Å². The molecule has 1 heterocycles. The van der Waals surface area contributed by atoms with Crippen molar-refractivity contribution in [3.05, 3.63) is 0 Å². The van der Waals surface area contributed by atoms with Gasteiger partial charge in [0.25, 0.3) is 10.1 Å². The van der Waals surface area contributed by atoms with E-state index in [1.54, 1.807) is 0 Å². The van der Waals surface area contributed by atoms with Crippen molar-refractivity contribution in [1.29, 1.82) is 0 Å². The van der Waals surface area contributed by atoms with E-state index in [0.29, 0.717) is 25.0 Å². The topological polar surface area (TPSA) is 61.8 Å². The average Bonchev–Trinajstić information content (AvgIpc) is 3.04. The largest absolute Gasteiger partial charge is 0.349 e. The van der Waals surface area contributed by atoms with Crippen LogP contribution in [0.25, 0.3) is 0 Å². The Labute approximate surface area is 312 Å². The summed E-state index contributed by atoms with van der Waals surface area (Å²) in [6.45, 7) is 20.9. The van der Waals surface area contributed by atoms with Gasteiger partial charge >= 0.3 is 0 Å². The standard InChI is InChI=1S/C44H84O5S/c1-33(2)14-10-17-37(7)43-25-23-38(8)42-24-22-36(6)27-29-44(47-30-39(31-48-44)32-49-50(9,45)46)28-26-35(5)16-12-19-41(42)21-13-20-40(43)18-11-15-34(3)4/h33-43H,10-32H2,1-9H3. The van der Waals surface area contributed by atoms with E-state index in [4.69, 9.17) is 13.7 Å². The third kappa shape index (κ3) is 16.5. The summed E-state index contributed by atoms with van der Waals surface area (Å²) in [7, 11) is -3.46. The quantitative estimate of drug-likeness (QED) is 0.188. The molecule has 0 aromatic rings. The van der Waals surface area contributed by atoms with Crippen molar-refractivity contribution in [2.24, 2.45) is 65.1 Å². The highest BCUT2D eigenvalue weighted by Crippen LogP contribution is 2.44. The van der Waals surface area contributed by atoms with E-state index in [-0.39, 0.29) is 12.5 Å². The smallest absolute Gasteiger partial charge is 0.264 e. The molecule has 3 rings (SSSR count). The molecule has 2 aliphatic carbocycles. The maximum absolute atomic E-state index is 11.5. The van der Waals surface area contributed by atoms with E-state index in [1.807, 2.05) is 0 Å². The summed E-state index contributed by atoms with van der Waals surface area (Å²) in [5.74, 6) is 7.57. The zero-order valence-electron chi connectivity index (χ0n) is 34.6. The van der Waals surface area contributed by atoms with Gasteiger partial charge in [0.2, 0.25) is 0 Å². The highest BCUT2D eigenvalue weighted by Gasteiger charge is 2.39. The Hall–Kier alpha value is -0.170. The molecule has 2 saturated carbocycles. The summed E-state index contributed by atoms with van der Waals surface area (Å²) in [6, 6.07) is 0. The lowest BCUT2D eigenvalue weighted by Gasteiger charge is -2.42. The van der Waals surface area contributed by atoms with Gasteiger partial charge in [-0.05, 0) is 84.9 Å². The van der Waals surface area contributed by atoms with E-state index in [1.165, 1.54) is 103 Å². The van der Waals surface area contributed by atoms with Crippen LogP contribution in [0.1, 0.15) is 184 Å². The minimum Gasteiger partial charge on any atom is -0.349 e. The van der Waals surface area contributed by atoms with Gasteiger partial charge in [-0.15, -0.1) is 0 Å². The number of rotatable bonds is 12. The van der Waals surface area contributed by atoms with Crippen molar-refractivity contribution in [1.82, 2.24) is 0 Å². The Balaban J connectivity index is 1.69. The molecule has 1 aliphatic heterocycles. The molecule has 0 amide bonds. The lowest BCUT2D eigenvalue weighted by molar-refractivity contribution is -0.293. The van der Waals surface area contributed by atoms with Gasteiger partial charge in [-0.2, -0.15) is 8.42 Å². The van der Waals surface area contributed by atoms with Gasteiger partial charge < -0.3 is 9.47 Å². The minimum atomic E-state index is -3.46. The lowest BCUT2D eigenvalue weighted by atomic mass is 9.66. The molecule has 296 valence electrons. The molecular weight excluding hydrogens is 641 g/mol. The van der Waals surface area contributed by atoms with Crippen LogP contribution < -0.4 is 0 Å². The van der Waals surface area contributed by atoms with Gasteiger partial charge in [-0.3, -0.25) is 4.18 Å². The molecule has 50 heavy (non-hydrogen) atoms. The van der Waals surface area contributed by atoms with Crippen LogP contribution >= 0.6 is 0 Å². The van der Waals surface area contributed by atoms with Gasteiger partial charge in [0, 0.05) is 18.8 Å².